The molecule has 1 aromatic heterocycles. The van der Waals surface area contributed by atoms with Gasteiger partial charge in [0.25, 0.3) is 0 Å². The molecule has 0 fully saturated rings. The summed E-state index contributed by atoms with van der Waals surface area (Å²) in [6.07, 6.45) is 3.84. The maximum Gasteiger partial charge on any atom is 0.303 e. The first-order chi connectivity index (χ1) is 8.38. The Morgan fingerprint density at radius 2 is 2.17 bits per heavy atom. The highest BCUT2D eigenvalue weighted by molar-refractivity contribution is 5.77. The molecule has 1 amide bonds. The van der Waals surface area contributed by atoms with Gasteiger partial charge < -0.3 is 10.0 Å². The highest BCUT2D eigenvalue weighted by Crippen LogP contribution is 2.11. The summed E-state index contributed by atoms with van der Waals surface area (Å²) in [4.78, 5) is 24.0. The minimum Gasteiger partial charge on any atom is -0.481 e. The van der Waals surface area contributed by atoms with Gasteiger partial charge >= 0.3 is 5.97 Å². The van der Waals surface area contributed by atoms with E-state index in [-0.39, 0.29) is 24.7 Å². The third kappa shape index (κ3) is 4.57. The van der Waals surface area contributed by atoms with Gasteiger partial charge in [0.1, 0.15) is 0 Å². The van der Waals surface area contributed by atoms with Crippen LogP contribution in [-0.2, 0) is 23.2 Å². The van der Waals surface area contributed by atoms with Gasteiger partial charge in [-0.1, -0.05) is 6.92 Å². The van der Waals surface area contributed by atoms with E-state index >= 15 is 0 Å². The van der Waals surface area contributed by atoms with Crippen molar-refractivity contribution in [2.24, 2.45) is 13.0 Å². The highest BCUT2D eigenvalue weighted by atomic mass is 16.4. The summed E-state index contributed by atoms with van der Waals surface area (Å²) >= 11 is 0. The molecule has 1 heterocycles. The van der Waals surface area contributed by atoms with Gasteiger partial charge in [0.15, 0.2) is 0 Å². The molecular formula is C12H19N3O3. The van der Waals surface area contributed by atoms with Crippen molar-refractivity contribution in [1.29, 1.82) is 0 Å². The molecule has 0 bridgehead atoms. The van der Waals surface area contributed by atoms with E-state index in [1.54, 1.807) is 29.7 Å². The van der Waals surface area contributed by atoms with E-state index in [1.807, 2.05) is 13.2 Å². The van der Waals surface area contributed by atoms with E-state index in [0.717, 1.165) is 5.56 Å². The number of rotatable bonds is 6. The largest absolute Gasteiger partial charge is 0.481 e. The topological polar surface area (TPSA) is 75.4 Å². The van der Waals surface area contributed by atoms with Crippen LogP contribution in [0, 0.1) is 5.92 Å². The van der Waals surface area contributed by atoms with E-state index in [9.17, 15) is 9.59 Å². The van der Waals surface area contributed by atoms with Crippen molar-refractivity contribution < 1.29 is 14.7 Å². The second-order valence-electron chi connectivity index (χ2n) is 4.68. The second kappa shape index (κ2) is 6.18. The Hall–Kier alpha value is -1.85. The fourth-order valence-electron chi connectivity index (χ4n) is 1.74. The molecule has 0 spiro atoms. The lowest BCUT2D eigenvalue weighted by molar-refractivity contribution is -0.138. The molecule has 1 atom stereocenters. The molecule has 18 heavy (non-hydrogen) atoms. The summed E-state index contributed by atoms with van der Waals surface area (Å²) in [5.74, 6) is -1.07. The van der Waals surface area contributed by atoms with E-state index in [4.69, 9.17) is 5.11 Å². The van der Waals surface area contributed by atoms with Crippen LogP contribution >= 0.6 is 0 Å². The summed E-state index contributed by atoms with van der Waals surface area (Å²) in [5.41, 5.74) is 0.958. The third-order valence-electron chi connectivity index (χ3n) is 2.65. The fraction of sp³-hybridized carbons (Fsp3) is 0.583. The Balaban J connectivity index is 2.44. The minimum absolute atomic E-state index is 0.0203. The predicted octanol–water partition coefficient (Wildman–Crippen LogP) is 0.879. The van der Waals surface area contributed by atoms with Crippen LogP contribution in [0.1, 0.15) is 25.3 Å². The fourth-order valence-corrected chi connectivity index (χ4v) is 1.74. The lowest BCUT2D eigenvalue weighted by atomic mass is 10.0. The summed E-state index contributed by atoms with van der Waals surface area (Å²) in [7, 11) is 3.53. The summed E-state index contributed by atoms with van der Waals surface area (Å²) < 4.78 is 1.68. The monoisotopic (exact) mass is 253 g/mol. The Morgan fingerprint density at radius 1 is 1.50 bits per heavy atom. The van der Waals surface area contributed by atoms with Gasteiger partial charge in [-0.15, -0.1) is 0 Å². The third-order valence-corrected chi connectivity index (χ3v) is 2.65. The van der Waals surface area contributed by atoms with Gasteiger partial charge in [-0.05, 0) is 5.92 Å². The highest BCUT2D eigenvalue weighted by Gasteiger charge is 2.16. The molecule has 1 unspecified atom stereocenters. The number of hydrogen-bond acceptors (Lipinski definition) is 3. The van der Waals surface area contributed by atoms with Crippen LogP contribution in [0.4, 0.5) is 0 Å². The van der Waals surface area contributed by atoms with E-state index in [0.29, 0.717) is 6.54 Å². The first kappa shape index (κ1) is 14.2. The van der Waals surface area contributed by atoms with Crippen LogP contribution < -0.4 is 0 Å². The molecule has 6 nitrogen and oxygen atoms in total. The molecule has 0 aliphatic rings. The molecule has 0 saturated heterocycles. The van der Waals surface area contributed by atoms with Crippen molar-refractivity contribution >= 4 is 11.9 Å². The molecular weight excluding hydrogens is 234 g/mol. The number of hydrogen-bond donors (Lipinski definition) is 1. The van der Waals surface area contributed by atoms with Gasteiger partial charge in [0.2, 0.25) is 5.91 Å². The van der Waals surface area contributed by atoms with Crippen molar-refractivity contribution in [1.82, 2.24) is 14.7 Å². The van der Waals surface area contributed by atoms with Gasteiger partial charge in [-0.2, -0.15) is 5.10 Å². The number of carboxylic acid groups (broad SMARTS) is 1. The van der Waals surface area contributed by atoms with Crippen molar-refractivity contribution in [2.75, 3.05) is 7.05 Å². The number of amides is 1. The minimum atomic E-state index is -0.870. The van der Waals surface area contributed by atoms with Crippen LogP contribution in [-0.4, -0.2) is 38.7 Å². The molecule has 0 aliphatic heterocycles. The summed E-state index contributed by atoms with van der Waals surface area (Å²) in [6.45, 7) is 2.26. The van der Waals surface area contributed by atoms with E-state index < -0.39 is 5.97 Å². The maximum absolute atomic E-state index is 11.9. The zero-order chi connectivity index (χ0) is 13.7. The predicted molar refractivity (Wildman–Crippen MR) is 65.7 cm³/mol. The molecule has 0 aliphatic carbocycles. The van der Waals surface area contributed by atoms with Gasteiger partial charge in [-0.3, -0.25) is 14.3 Å². The SMILES string of the molecule is CC(CC(=O)O)CC(=O)N(C)Cc1cnn(C)c1. The molecule has 0 radical (unpaired) electrons. The average Bonchev–Trinajstić information content (AvgIpc) is 2.62. The Morgan fingerprint density at radius 3 is 2.67 bits per heavy atom. The molecule has 6 heteroatoms. The van der Waals surface area contributed by atoms with Crippen molar-refractivity contribution in [3.8, 4) is 0 Å². The number of carbonyl (C=O) groups excluding carboxylic acids is 1. The van der Waals surface area contributed by atoms with Gasteiger partial charge in [0.05, 0.1) is 6.20 Å². The molecule has 100 valence electrons. The number of aryl methyl sites for hydroxylation is 1. The molecule has 0 saturated carbocycles. The number of aromatic nitrogens is 2. The number of carbonyl (C=O) groups is 2. The van der Waals surface area contributed by atoms with Crippen molar-refractivity contribution in [3.05, 3.63) is 18.0 Å². The zero-order valence-electron chi connectivity index (χ0n) is 11.0. The van der Waals surface area contributed by atoms with Gasteiger partial charge in [-0.25, -0.2) is 0 Å². The first-order valence-electron chi connectivity index (χ1n) is 5.81. The number of nitrogens with zero attached hydrogens (tertiary/aromatic N) is 3. The van der Waals surface area contributed by atoms with Crippen LogP contribution in [0.3, 0.4) is 0 Å². The Labute approximate surface area is 106 Å². The summed E-state index contributed by atoms with van der Waals surface area (Å²) in [6, 6.07) is 0. The molecule has 1 N–H and O–H groups in total. The second-order valence-corrected chi connectivity index (χ2v) is 4.68. The van der Waals surface area contributed by atoms with Crippen LogP contribution in [0.5, 0.6) is 0 Å². The van der Waals surface area contributed by atoms with Crippen LogP contribution in [0.25, 0.3) is 0 Å². The normalized spacial score (nSPS) is 12.2. The number of aliphatic carboxylic acids is 1. The smallest absolute Gasteiger partial charge is 0.303 e. The Bertz CT molecular complexity index is 428. The lowest BCUT2D eigenvalue weighted by Crippen LogP contribution is -2.27. The lowest BCUT2D eigenvalue weighted by Gasteiger charge is -2.18. The average molecular weight is 253 g/mol. The Kier molecular flexibility index (Phi) is 4.88. The molecule has 1 rings (SSSR count). The van der Waals surface area contributed by atoms with Crippen LogP contribution in [0.15, 0.2) is 12.4 Å². The zero-order valence-corrected chi connectivity index (χ0v) is 11.0. The van der Waals surface area contributed by atoms with E-state index in [1.165, 1.54) is 0 Å². The van der Waals surface area contributed by atoms with E-state index in [2.05, 4.69) is 5.10 Å². The van der Waals surface area contributed by atoms with Crippen LogP contribution in [0.2, 0.25) is 0 Å². The number of carboxylic acids is 1. The molecule has 0 aromatic carbocycles. The standard InChI is InChI=1S/C12H19N3O3/c1-9(5-12(17)18)4-11(16)14(2)7-10-6-13-15(3)8-10/h6,8-9H,4-5,7H2,1-3H3,(H,17,18). The quantitative estimate of drug-likeness (QED) is 0.816. The van der Waals surface area contributed by atoms with Crippen molar-refractivity contribution in [3.63, 3.8) is 0 Å². The van der Waals surface area contributed by atoms with Gasteiger partial charge in [0, 0.05) is 45.2 Å². The first-order valence-corrected chi connectivity index (χ1v) is 5.81. The summed E-state index contributed by atoms with van der Waals surface area (Å²) in [5, 5.41) is 12.7. The molecule has 1 aromatic rings. The van der Waals surface area contributed by atoms with Crippen molar-refractivity contribution in [2.45, 2.75) is 26.3 Å². The maximum atomic E-state index is 11.9.